The van der Waals surface area contributed by atoms with Crippen LogP contribution < -0.4 is 0 Å². The van der Waals surface area contributed by atoms with Gasteiger partial charge in [0.2, 0.25) is 0 Å². The normalized spacial score (nSPS) is 29.4. The smallest absolute Gasteiger partial charge is 0.338 e. The molecule has 2 bridgehead atoms. The summed E-state index contributed by atoms with van der Waals surface area (Å²) in [5.74, 6) is -0.330. The van der Waals surface area contributed by atoms with Crippen LogP contribution in [0.1, 0.15) is 36.0 Å². The van der Waals surface area contributed by atoms with E-state index in [0.29, 0.717) is 27.7 Å². The average molecular weight is 313 g/mol. The van der Waals surface area contributed by atoms with Crippen LogP contribution in [0.4, 0.5) is 0 Å². The molecule has 20 heavy (non-hydrogen) atoms. The van der Waals surface area contributed by atoms with Crippen LogP contribution in [0.5, 0.6) is 0 Å². The zero-order valence-corrected chi connectivity index (χ0v) is 12.8. The maximum absolute atomic E-state index is 12.2. The predicted molar refractivity (Wildman–Crippen MR) is 79.5 cm³/mol. The number of carbonyl (C=O) groups is 1. The van der Waals surface area contributed by atoms with Crippen molar-refractivity contribution in [2.45, 2.75) is 43.9 Å². The topological polar surface area (TPSA) is 29.5 Å². The molecule has 0 N–H and O–H groups in total. The third kappa shape index (κ3) is 2.80. The highest BCUT2D eigenvalue weighted by atomic mass is 35.5. The van der Waals surface area contributed by atoms with Gasteiger partial charge in [-0.1, -0.05) is 23.2 Å². The van der Waals surface area contributed by atoms with Crippen molar-refractivity contribution in [3.05, 3.63) is 33.8 Å². The van der Waals surface area contributed by atoms with E-state index in [0.717, 1.165) is 12.8 Å². The number of nitrogens with zero attached hydrogens (tertiary/aromatic N) is 1. The zero-order chi connectivity index (χ0) is 14.3. The summed E-state index contributed by atoms with van der Waals surface area (Å²) in [6.45, 7) is 0. The third-order valence-corrected chi connectivity index (χ3v) is 4.86. The fraction of sp³-hybridized carbons (Fsp3) is 0.533. The van der Waals surface area contributed by atoms with Crippen LogP contribution in [0, 0.1) is 0 Å². The molecule has 0 aliphatic carbocycles. The number of rotatable bonds is 2. The van der Waals surface area contributed by atoms with Gasteiger partial charge in [0.05, 0.1) is 5.56 Å². The molecule has 1 aromatic carbocycles. The summed E-state index contributed by atoms with van der Waals surface area (Å²) in [6.07, 6.45) is 4.27. The second-order valence-corrected chi connectivity index (χ2v) is 6.58. The first kappa shape index (κ1) is 14.2. The Kier molecular flexibility index (Phi) is 3.93. The van der Waals surface area contributed by atoms with Crippen molar-refractivity contribution < 1.29 is 9.53 Å². The maximum Gasteiger partial charge on any atom is 0.338 e. The molecular weight excluding hydrogens is 296 g/mol. The number of piperidine rings is 1. The lowest BCUT2D eigenvalue weighted by Gasteiger charge is -2.35. The number of carbonyl (C=O) groups excluding carboxylic acids is 1. The van der Waals surface area contributed by atoms with Gasteiger partial charge in [0.1, 0.15) is 6.10 Å². The van der Waals surface area contributed by atoms with Crippen molar-refractivity contribution in [3.8, 4) is 0 Å². The summed E-state index contributed by atoms with van der Waals surface area (Å²) < 4.78 is 5.63. The quantitative estimate of drug-likeness (QED) is 0.778. The Hall–Kier alpha value is -0.770. The largest absolute Gasteiger partial charge is 0.459 e. The molecule has 1 aromatic rings. The minimum Gasteiger partial charge on any atom is -0.459 e. The molecule has 2 saturated heterocycles. The van der Waals surface area contributed by atoms with Gasteiger partial charge in [-0.15, -0.1) is 0 Å². The van der Waals surface area contributed by atoms with Crippen molar-refractivity contribution >= 4 is 29.2 Å². The Morgan fingerprint density at radius 3 is 2.25 bits per heavy atom. The summed E-state index contributed by atoms with van der Waals surface area (Å²) >= 11 is 11.8. The van der Waals surface area contributed by atoms with E-state index in [2.05, 4.69) is 11.9 Å². The third-order valence-electron chi connectivity index (χ3n) is 4.43. The van der Waals surface area contributed by atoms with Gasteiger partial charge >= 0.3 is 5.97 Å². The van der Waals surface area contributed by atoms with Gasteiger partial charge in [0.15, 0.2) is 0 Å². The van der Waals surface area contributed by atoms with Crippen LogP contribution in [-0.2, 0) is 4.74 Å². The number of fused-ring (bicyclic) bond motifs is 2. The van der Waals surface area contributed by atoms with Crippen LogP contribution >= 0.6 is 23.2 Å². The first-order valence-electron chi connectivity index (χ1n) is 6.92. The molecule has 2 unspecified atom stereocenters. The molecule has 0 aromatic heterocycles. The lowest BCUT2D eigenvalue weighted by molar-refractivity contribution is -0.000448. The highest BCUT2D eigenvalue weighted by Crippen LogP contribution is 2.35. The summed E-state index contributed by atoms with van der Waals surface area (Å²) in [7, 11) is 2.16. The molecule has 2 fully saturated rings. The van der Waals surface area contributed by atoms with E-state index in [1.54, 1.807) is 18.2 Å². The number of hydrogen-bond donors (Lipinski definition) is 0. The Morgan fingerprint density at radius 2 is 1.70 bits per heavy atom. The van der Waals surface area contributed by atoms with E-state index in [-0.39, 0.29) is 12.1 Å². The van der Waals surface area contributed by atoms with Crippen molar-refractivity contribution in [2.24, 2.45) is 0 Å². The van der Waals surface area contributed by atoms with Gasteiger partial charge in [-0.25, -0.2) is 4.79 Å². The first-order chi connectivity index (χ1) is 9.52. The molecule has 108 valence electrons. The second-order valence-electron chi connectivity index (χ2n) is 5.71. The summed E-state index contributed by atoms with van der Waals surface area (Å²) in [4.78, 5) is 14.6. The van der Waals surface area contributed by atoms with Crippen LogP contribution in [0.3, 0.4) is 0 Å². The molecule has 2 aliphatic rings. The van der Waals surface area contributed by atoms with Gasteiger partial charge in [0, 0.05) is 35.0 Å². The van der Waals surface area contributed by atoms with E-state index in [1.165, 1.54) is 12.8 Å². The molecule has 0 radical (unpaired) electrons. The minimum atomic E-state index is -0.330. The fourth-order valence-corrected chi connectivity index (χ4v) is 3.87. The van der Waals surface area contributed by atoms with Crippen molar-refractivity contribution in [3.63, 3.8) is 0 Å². The minimum absolute atomic E-state index is 0.00829. The predicted octanol–water partition coefficient (Wildman–Crippen LogP) is 3.78. The Balaban J connectivity index is 1.67. The summed E-state index contributed by atoms with van der Waals surface area (Å²) in [5, 5.41) is 0.904. The molecule has 2 aliphatic heterocycles. The lowest BCUT2D eigenvalue weighted by atomic mass is 9.98. The zero-order valence-electron chi connectivity index (χ0n) is 11.3. The lowest BCUT2D eigenvalue weighted by Crippen LogP contribution is -2.43. The van der Waals surface area contributed by atoms with Crippen LogP contribution in [0.25, 0.3) is 0 Å². The van der Waals surface area contributed by atoms with Gasteiger partial charge < -0.3 is 9.64 Å². The molecule has 3 rings (SSSR count). The van der Waals surface area contributed by atoms with Gasteiger partial charge in [-0.05, 0) is 38.1 Å². The van der Waals surface area contributed by atoms with Gasteiger partial charge in [0.25, 0.3) is 0 Å². The van der Waals surface area contributed by atoms with Crippen molar-refractivity contribution in [1.29, 1.82) is 0 Å². The van der Waals surface area contributed by atoms with E-state index in [1.807, 2.05) is 0 Å². The molecule has 0 amide bonds. The van der Waals surface area contributed by atoms with Crippen LogP contribution in [-0.4, -0.2) is 36.1 Å². The van der Waals surface area contributed by atoms with E-state index < -0.39 is 0 Å². The molecular formula is C15H17Cl2NO2. The number of hydrogen-bond acceptors (Lipinski definition) is 3. The van der Waals surface area contributed by atoms with E-state index in [9.17, 15) is 4.79 Å². The van der Waals surface area contributed by atoms with Crippen molar-refractivity contribution in [1.82, 2.24) is 4.90 Å². The molecule has 3 nitrogen and oxygen atoms in total. The van der Waals surface area contributed by atoms with Gasteiger partial charge in [-0.3, -0.25) is 0 Å². The highest BCUT2D eigenvalue weighted by Gasteiger charge is 2.39. The molecule has 0 spiro atoms. The molecule has 0 saturated carbocycles. The van der Waals surface area contributed by atoms with Gasteiger partial charge in [-0.2, -0.15) is 0 Å². The first-order valence-corrected chi connectivity index (χ1v) is 7.67. The SMILES string of the molecule is [11CH3]N1C2CCC1CC(OC(=O)c1cc(Cl)cc(Cl)c1)C2. The monoisotopic (exact) mass is 312 g/mol. The van der Waals surface area contributed by atoms with E-state index in [4.69, 9.17) is 27.9 Å². The van der Waals surface area contributed by atoms with Crippen LogP contribution in [0.2, 0.25) is 10.0 Å². The van der Waals surface area contributed by atoms with Crippen molar-refractivity contribution in [2.75, 3.05) is 7.05 Å². The summed E-state index contributed by atoms with van der Waals surface area (Å²) in [5.41, 5.74) is 0.425. The van der Waals surface area contributed by atoms with E-state index >= 15 is 0 Å². The Labute approximate surface area is 128 Å². The molecule has 2 atom stereocenters. The fourth-order valence-electron chi connectivity index (χ4n) is 3.35. The summed E-state index contributed by atoms with van der Waals surface area (Å²) in [6, 6.07) is 5.90. The van der Waals surface area contributed by atoms with Crippen LogP contribution in [0.15, 0.2) is 18.2 Å². The Bertz CT molecular complexity index is 500. The number of esters is 1. The average Bonchev–Trinajstić information content (AvgIpc) is 2.61. The number of halogens is 2. The molecule has 2 heterocycles. The standard InChI is InChI=1S/C15H17Cl2NO2/c1-18-12-2-3-13(18)8-14(7-12)20-15(19)9-4-10(16)6-11(17)5-9/h4-6,12-14H,2-3,7-8H2,1H3/i1-1. The maximum atomic E-state index is 12.2. The second kappa shape index (κ2) is 5.55. The molecule has 5 heteroatoms. The number of benzene rings is 1. The number of ether oxygens (including phenoxy) is 1. The highest BCUT2D eigenvalue weighted by molar-refractivity contribution is 6.35. The Morgan fingerprint density at radius 1 is 1.15 bits per heavy atom.